The predicted octanol–water partition coefficient (Wildman–Crippen LogP) is 4.77. The highest BCUT2D eigenvalue weighted by Gasteiger charge is 2.31. The smallest absolute Gasteiger partial charge is 0.258 e. The maximum atomic E-state index is 13.1. The summed E-state index contributed by atoms with van der Waals surface area (Å²) in [7, 11) is 0. The van der Waals surface area contributed by atoms with Crippen LogP contribution in [0.1, 0.15) is 50.9 Å². The summed E-state index contributed by atoms with van der Waals surface area (Å²) in [5.74, 6) is 0.757. The van der Waals surface area contributed by atoms with Gasteiger partial charge >= 0.3 is 0 Å². The number of carbonyl (C=O) groups excluding carboxylic acids is 1. The Hall–Kier alpha value is -2.07. The van der Waals surface area contributed by atoms with E-state index in [0.29, 0.717) is 12.0 Å². The lowest BCUT2D eigenvalue weighted by molar-refractivity contribution is 0.0992. The fourth-order valence-electron chi connectivity index (χ4n) is 4.61. The molecule has 1 fully saturated rings. The van der Waals surface area contributed by atoms with Crippen molar-refractivity contribution in [3.8, 4) is 0 Å². The fraction of sp³-hybridized carbons (Fsp3) is 0.542. The predicted molar refractivity (Wildman–Crippen MR) is 119 cm³/mol. The zero-order valence-corrected chi connectivity index (χ0v) is 17.7. The van der Waals surface area contributed by atoms with Gasteiger partial charge in [0.05, 0.1) is 5.69 Å². The second kappa shape index (κ2) is 7.75. The van der Waals surface area contributed by atoms with Crippen molar-refractivity contribution in [2.24, 2.45) is 5.92 Å². The summed E-state index contributed by atoms with van der Waals surface area (Å²) in [4.78, 5) is 20.1. The average molecular weight is 380 g/mol. The molecule has 0 bridgehead atoms. The first-order valence-electron chi connectivity index (χ1n) is 10.8. The van der Waals surface area contributed by atoms with Gasteiger partial charge in [0.25, 0.3) is 5.91 Å². The van der Waals surface area contributed by atoms with Crippen LogP contribution in [0.5, 0.6) is 0 Å². The Bertz CT molecular complexity index is 874. The molecule has 0 N–H and O–H groups in total. The Labute approximate surface area is 169 Å². The highest BCUT2D eigenvalue weighted by Crippen LogP contribution is 2.42. The molecule has 4 rings (SSSR count). The minimum absolute atomic E-state index is 0.167. The average Bonchev–Trinajstić information content (AvgIpc) is 2.83. The van der Waals surface area contributed by atoms with E-state index in [9.17, 15) is 4.79 Å². The molecular formula is C24H33N3O. The second-order valence-corrected chi connectivity index (χ2v) is 8.94. The SMILES string of the molecule is CC(C)CCN1C(=O)c2cccc3c(N4CCCN(C(C)C)CC4)ccc1c23. The van der Waals surface area contributed by atoms with Crippen molar-refractivity contribution < 1.29 is 4.79 Å². The molecule has 2 aromatic carbocycles. The maximum Gasteiger partial charge on any atom is 0.258 e. The Morgan fingerprint density at radius 2 is 1.71 bits per heavy atom. The van der Waals surface area contributed by atoms with E-state index >= 15 is 0 Å². The first kappa shape index (κ1) is 19.3. The summed E-state index contributed by atoms with van der Waals surface area (Å²) in [5.41, 5.74) is 3.25. The quantitative estimate of drug-likeness (QED) is 0.749. The van der Waals surface area contributed by atoms with E-state index in [1.165, 1.54) is 17.5 Å². The van der Waals surface area contributed by atoms with E-state index in [4.69, 9.17) is 0 Å². The van der Waals surface area contributed by atoms with E-state index in [-0.39, 0.29) is 5.91 Å². The number of hydrogen-bond donors (Lipinski definition) is 0. The minimum Gasteiger partial charge on any atom is -0.370 e. The second-order valence-electron chi connectivity index (χ2n) is 8.94. The topological polar surface area (TPSA) is 26.8 Å². The number of carbonyl (C=O) groups is 1. The van der Waals surface area contributed by atoms with Crippen molar-refractivity contribution in [2.75, 3.05) is 42.5 Å². The van der Waals surface area contributed by atoms with Crippen LogP contribution in [0.25, 0.3) is 10.8 Å². The molecule has 2 aliphatic heterocycles. The fourth-order valence-corrected chi connectivity index (χ4v) is 4.61. The molecule has 0 saturated carbocycles. The Balaban J connectivity index is 1.69. The molecule has 2 aromatic rings. The van der Waals surface area contributed by atoms with Gasteiger partial charge in [-0.05, 0) is 50.8 Å². The van der Waals surface area contributed by atoms with Gasteiger partial charge in [0.2, 0.25) is 0 Å². The lowest BCUT2D eigenvalue weighted by Gasteiger charge is -2.27. The zero-order chi connectivity index (χ0) is 19.8. The van der Waals surface area contributed by atoms with Crippen molar-refractivity contribution in [1.29, 1.82) is 0 Å². The largest absolute Gasteiger partial charge is 0.370 e. The van der Waals surface area contributed by atoms with Gasteiger partial charge in [-0.1, -0.05) is 26.0 Å². The molecule has 0 aliphatic carbocycles. The van der Waals surface area contributed by atoms with Crippen LogP contribution < -0.4 is 9.80 Å². The molecule has 1 saturated heterocycles. The molecule has 4 nitrogen and oxygen atoms in total. The van der Waals surface area contributed by atoms with Crippen LogP contribution in [0.15, 0.2) is 30.3 Å². The van der Waals surface area contributed by atoms with Gasteiger partial charge in [0.15, 0.2) is 0 Å². The number of anilines is 2. The third-order valence-corrected chi connectivity index (χ3v) is 6.29. The zero-order valence-electron chi connectivity index (χ0n) is 17.7. The third-order valence-electron chi connectivity index (χ3n) is 6.29. The van der Waals surface area contributed by atoms with Crippen LogP contribution in [-0.2, 0) is 0 Å². The standard InChI is InChI=1S/C24H33N3O/c1-17(2)11-14-27-22-10-9-21(19-7-5-8-20(23(19)22)24(27)28)26-13-6-12-25(15-16-26)18(3)4/h5,7-10,17-18H,6,11-16H2,1-4H3. The van der Waals surface area contributed by atoms with Gasteiger partial charge in [-0.15, -0.1) is 0 Å². The van der Waals surface area contributed by atoms with Crippen LogP contribution in [0.4, 0.5) is 11.4 Å². The van der Waals surface area contributed by atoms with E-state index in [1.807, 2.05) is 17.0 Å². The molecule has 0 aromatic heterocycles. The van der Waals surface area contributed by atoms with E-state index < -0.39 is 0 Å². The third kappa shape index (κ3) is 3.39. The van der Waals surface area contributed by atoms with E-state index in [0.717, 1.165) is 55.8 Å². The molecule has 0 atom stereocenters. The number of amides is 1. The van der Waals surface area contributed by atoms with Gasteiger partial charge in [-0.25, -0.2) is 0 Å². The normalized spacial score (nSPS) is 18.0. The first-order chi connectivity index (χ1) is 13.5. The Morgan fingerprint density at radius 3 is 2.46 bits per heavy atom. The van der Waals surface area contributed by atoms with E-state index in [1.54, 1.807) is 0 Å². The van der Waals surface area contributed by atoms with E-state index in [2.05, 4.69) is 55.7 Å². The monoisotopic (exact) mass is 379 g/mol. The molecule has 150 valence electrons. The Kier molecular flexibility index (Phi) is 5.33. The summed E-state index contributed by atoms with van der Waals surface area (Å²) in [6.45, 7) is 14.2. The molecule has 4 heteroatoms. The summed E-state index contributed by atoms with van der Waals surface area (Å²) in [6, 6.07) is 11.3. The van der Waals surface area contributed by atoms with Crippen LogP contribution in [-0.4, -0.2) is 49.6 Å². The summed E-state index contributed by atoms with van der Waals surface area (Å²) >= 11 is 0. The molecule has 2 heterocycles. The van der Waals surface area contributed by atoms with Gasteiger partial charge in [-0.2, -0.15) is 0 Å². The molecule has 28 heavy (non-hydrogen) atoms. The van der Waals surface area contributed by atoms with Crippen LogP contribution in [0.2, 0.25) is 0 Å². The van der Waals surface area contributed by atoms with Crippen molar-refractivity contribution >= 4 is 28.1 Å². The summed E-state index contributed by atoms with van der Waals surface area (Å²) < 4.78 is 0. The number of hydrogen-bond acceptors (Lipinski definition) is 3. The van der Waals surface area contributed by atoms with Crippen molar-refractivity contribution in [2.45, 2.75) is 46.6 Å². The lowest BCUT2D eigenvalue weighted by atomic mass is 10.0. The number of nitrogens with zero attached hydrogens (tertiary/aromatic N) is 3. The number of benzene rings is 2. The van der Waals surface area contributed by atoms with Gasteiger partial charge in [-0.3, -0.25) is 9.69 Å². The van der Waals surface area contributed by atoms with Crippen molar-refractivity contribution in [3.05, 3.63) is 35.9 Å². The number of rotatable bonds is 5. The summed E-state index contributed by atoms with van der Waals surface area (Å²) in [6.07, 6.45) is 2.21. The Morgan fingerprint density at radius 1 is 0.929 bits per heavy atom. The van der Waals surface area contributed by atoms with Gasteiger partial charge in [0.1, 0.15) is 0 Å². The van der Waals surface area contributed by atoms with Crippen molar-refractivity contribution in [3.63, 3.8) is 0 Å². The first-order valence-corrected chi connectivity index (χ1v) is 10.8. The van der Waals surface area contributed by atoms with Gasteiger partial charge < -0.3 is 9.80 Å². The van der Waals surface area contributed by atoms with Gasteiger partial charge in [0, 0.05) is 60.8 Å². The van der Waals surface area contributed by atoms with Crippen molar-refractivity contribution in [1.82, 2.24) is 4.90 Å². The molecule has 0 radical (unpaired) electrons. The minimum atomic E-state index is 0.167. The molecule has 0 unspecified atom stereocenters. The molecule has 2 aliphatic rings. The lowest BCUT2D eigenvalue weighted by Crippen LogP contribution is -2.35. The highest BCUT2D eigenvalue weighted by atomic mass is 16.2. The maximum absolute atomic E-state index is 13.1. The highest BCUT2D eigenvalue weighted by molar-refractivity contribution is 6.26. The van der Waals surface area contributed by atoms with Crippen LogP contribution in [0, 0.1) is 5.92 Å². The van der Waals surface area contributed by atoms with Crippen LogP contribution in [0.3, 0.4) is 0 Å². The molecule has 1 amide bonds. The molecule has 0 spiro atoms. The van der Waals surface area contributed by atoms with Crippen LogP contribution >= 0.6 is 0 Å². The molecular weight excluding hydrogens is 346 g/mol. The summed E-state index contributed by atoms with van der Waals surface area (Å²) in [5, 5.41) is 2.38.